The van der Waals surface area contributed by atoms with Crippen molar-refractivity contribution in [2.24, 2.45) is 0 Å². The van der Waals surface area contributed by atoms with E-state index in [1.165, 1.54) is 0 Å². The van der Waals surface area contributed by atoms with Crippen molar-refractivity contribution in [1.82, 2.24) is 0 Å². The molecule has 2 aromatic rings. The number of carbonyl (C=O) groups is 2. The summed E-state index contributed by atoms with van der Waals surface area (Å²) in [5.41, 5.74) is 4.33. The van der Waals surface area contributed by atoms with E-state index in [2.05, 4.69) is 6.92 Å². The van der Waals surface area contributed by atoms with E-state index in [0.717, 1.165) is 35.2 Å². The summed E-state index contributed by atoms with van der Waals surface area (Å²) >= 11 is 0. The lowest BCUT2D eigenvalue weighted by Crippen LogP contribution is -2.29. The van der Waals surface area contributed by atoms with E-state index in [9.17, 15) is 9.59 Å². The summed E-state index contributed by atoms with van der Waals surface area (Å²) in [7, 11) is 0. The third-order valence-electron chi connectivity index (χ3n) is 4.49. The highest BCUT2D eigenvalue weighted by Crippen LogP contribution is 2.29. The Balaban J connectivity index is 1.95. The number of unbranched alkanes of at least 4 members (excludes halogenated alkanes) is 1. The Hall–Kier alpha value is -2.88. The molecule has 0 atom stereocenters. The van der Waals surface area contributed by atoms with Crippen LogP contribution in [0.4, 0.5) is 5.69 Å². The van der Waals surface area contributed by atoms with Gasteiger partial charge in [0.25, 0.3) is 0 Å². The summed E-state index contributed by atoms with van der Waals surface area (Å²) in [5, 5.41) is 0. The van der Waals surface area contributed by atoms with Crippen LogP contribution < -0.4 is 4.90 Å². The minimum absolute atomic E-state index is 0.0123. The quantitative estimate of drug-likeness (QED) is 0.595. The molecule has 0 radical (unpaired) electrons. The van der Waals surface area contributed by atoms with Crippen LogP contribution in [0.3, 0.4) is 0 Å². The molecule has 0 N–H and O–H groups in total. The van der Waals surface area contributed by atoms with Crippen molar-refractivity contribution in [2.75, 3.05) is 11.5 Å². The number of benzene rings is 2. The smallest absolute Gasteiger partial charge is 0.338 e. The molecule has 1 aliphatic rings. The Bertz CT molecular complexity index is 854. The van der Waals surface area contributed by atoms with Crippen LogP contribution in [0.2, 0.25) is 0 Å². The van der Waals surface area contributed by atoms with E-state index in [-0.39, 0.29) is 11.9 Å². The van der Waals surface area contributed by atoms with Gasteiger partial charge in [-0.3, -0.25) is 4.79 Å². The fourth-order valence-electron chi connectivity index (χ4n) is 3.00. The van der Waals surface area contributed by atoms with Crippen molar-refractivity contribution < 1.29 is 14.3 Å². The Morgan fingerprint density at radius 3 is 2.62 bits per heavy atom. The second-order valence-corrected chi connectivity index (χ2v) is 6.40. The van der Waals surface area contributed by atoms with Crippen LogP contribution >= 0.6 is 0 Å². The number of amides is 1. The predicted molar refractivity (Wildman–Crippen MR) is 104 cm³/mol. The average Bonchev–Trinajstić information content (AvgIpc) is 2.63. The Kier molecular flexibility index (Phi) is 5.52. The van der Waals surface area contributed by atoms with Crippen LogP contribution in [-0.2, 0) is 16.1 Å². The fourth-order valence-corrected chi connectivity index (χ4v) is 3.00. The number of ether oxygens (including phenoxy) is 1. The maximum atomic E-state index is 12.2. The van der Waals surface area contributed by atoms with E-state index in [1.807, 2.05) is 48.6 Å². The summed E-state index contributed by atoms with van der Waals surface area (Å²) in [5.74, 6) is -0.317. The first-order valence-electron chi connectivity index (χ1n) is 8.95. The molecule has 0 bridgehead atoms. The monoisotopic (exact) mass is 349 g/mol. The maximum absolute atomic E-state index is 12.2. The van der Waals surface area contributed by atoms with Crippen molar-refractivity contribution in [3.05, 3.63) is 64.7 Å². The molecule has 2 aromatic carbocycles. The van der Waals surface area contributed by atoms with E-state index in [0.29, 0.717) is 18.7 Å². The molecule has 4 heteroatoms. The lowest BCUT2D eigenvalue weighted by molar-refractivity contribution is -0.116. The third-order valence-corrected chi connectivity index (χ3v) is 4.49. The highest BCUT2D eigenvalue weighted by atomic mass is 16.5. The van der Waals surface area contributed by atoms with Crippen molar-refractivity contribution in [3.63, 3.8) is 0 Å². The number of para-hydroxylation sites is 1. The Morgan fingerprint density at radius 1 is 1.08 bits per heavy atom. The van der Waals surface area contributed by atoms with E-state index in [1.54, 1.807) is 17.9 Å². The summed E-state index contributed by atoms with van der Waals surface area (Å²) in [6.45, 7) is 4.54. The molecule has 134 valence electrons. The minimum Gasteiger partial charge on any atom is -0.462 e. The minimum atomic E-state index is -0.305. The Labute approximate surface area is 154 Å². The summed E-state index contributed by atoms with van der Waals surface area (Å²) < 4.78 is 5.30. The van der Waals surface area contributed by atoms with Crippen LogP contribution in [0.15, 0.2) is 42.5 Å². The van der Waals surface area contributed by atoms with Gasteiger partial charge in [-0.25, -0.2) is 4.79 Å². The topological polar surface area (TPSA) is 46.6 Å². The number of hydrogen-bond donors (Lipinski definition) is 0. The van der Waals surface area contributed by atoms with Crippen molar-refractivity contribution in [3.8, 4) is 0 Å². The van der Waals surface area contributed by atoms with Gasteiger partial charge in [-0.05, 0) is 41.3 Å². The Morgan fingerprint density at radius 2 is 1.85 bits per heavy atom. The SMILES string of the molecule is CCCCOC(=O)c1ccc2c(c1)/C=C\c1ccccc1N(C(C)=O)C2. The molecule has 26 heavy (non-hydrogen) atoms. The van der Waals surface area contributed by atoms with E-state index >= 15 is 0 Å². The standard InChI is InChI=1S/C22H23NO3/c1-3-4-13-26-22(25)19-11-12-20-15-23(16(2)24)21-8-6-5-7-17(21)9-10-18(20)14-19/h5-12,14H,3-4,13,15H2,1-2H3/b10-9-. The number of rotatable bonds is 4. The van der Waals surface area contributed by atoms with Gasteiger partial charge in [0, 0.05) is 6.92 Å². The van der Waals surface area contributed by atoms with Gasteiger partial charge < -0.3 is 9.64 Å². The van der Waals surface area contributed by atoms with Gasteiger partial charge in [0.15, 0.2) is 0 Å². The van der Waals surface area contributed by atoms with Gasteiger partial charge in [-0.2, -0.15) is 0 Å². The summed E-state index contributed by atoms with van der Waals surface area (Å²) in [6, 6.07) is 13.3. The van der Waals surface area contributed by atoms with Crippen LogP contribution in [0.1, 0.15) is 53.7 Å². The maximum Gasteiger partial charge on any atom is 0.338 e. The number of fused-ring (bicyclic) bond motifs is 2. The van der Waals surface area contributed by atoms with Gasteiger partial charge in [-0.15, -0.1) is 0 Å². The van der Waals surface area contributed by atoms with Gasteiger partial charge in [-0.1, -0.05) is 49.8 Å². The highest BCUT2D eigenvalue weighted by Gasteiger charge is 2.19. The van der Waals surface area contributed by atoms with Crippen LogP contribution in [0.25, 0.3) is 12.2 Å². The molecule has 0 fully saturated rings. The number of nitrogens with zero attached hydrogens (tertiary/aromatic N) is 1. The molecule has 0 spiro atoms. The van der Waals surface area contributed by atoms with E-state index < -0.39 is 0 Å². The lowest BCUT2D eigenvalue weighted by Gasteiger charge is -2.26. The van der Waals surface area contributed by atoms with Gasteiger partial charge >= 0.3 is 5.97 Å². The molecule has 4 nitrogen and oxygen atoms in total. The van der Waals surface area contributed by atoms with Gasteiger partial charge in [0.05, 0.1) is 24.4 Å². The molecule has 1 amide bonds. The number of anilines is 1. The molecule has 0 aromatic heterocycles. The fraction of sp³-hybridized carbons (Fsp3) is 0.273. The first kappa shape index (κ1) is 17.9. The molecule has 0 aliphatic carbocycles. The molecule has 0 saturated heterocycles. The van der Waals surface area contributed by atoms with Crippen molar-refractivity contribution >= 4 is 29.7 Å². The zero-order valence-electron chi connectivity index (χ0n) is 15.2. The normalized spacial score (nSPS) is 13.8. The van der Waals surface area contributed by atoms with Crippen LogP contribution in [0.5, 0.6) is 0 Å². The molecule has 0 unspecified atom stereocenters. The highest BCUT2D eigenvalue weighted by molar-refractivity contribution is 5.96. The van der Waals surface area contributed by atoms with Gasteiger partial charge in [0.1, 0.15) is 0 Å². The predicted octanol–water partition coefficient (Wildman–Crippen LogP) is 4.68. The lowest BCUT2D eigenvalue weighted by atomic mass is 9.99. The van der Waals surface area contributed by atoms with Crippen molar-refractivity contribution in [1.29, 1.82) is 0 Å². The second-order valence-electron chi connectivity index (χ2n) is 6.40. The van der Waals surface area contributed by atoms with Gasteiger partial charge in [0.2, 0.25) is 5.91 Å². The number of carbonyl (C=O) groups excluding carboxylic acids is 2. The van der Waals surface area contributed by atoms with Crippen LogP contribution in [0, 0.1) is 0 Å². The molecule has 1 aliphatic heterocycles. The summed E-state index contributed by atoms with van der Waals surface area (Å²) in [4.78, 5) is 26.2. The molecular formula is C22H23NO3. The largest absolute Gasteiger partial charge is 0.462 e. The first-order valence-corrected chi connectivity index (χ1v) is 8.95. The van der Waals surface area contributed by atoms with Crippen molar-refractivity contribution in [2.45, 2.75) is 33.2 Å². The third kappa shape index (κ3) is 3.85. The number of esters is 1. The molecule has 1 heterocycles. The number of hydrogen-bond acceptors (Lipinski definition) is 3. The zero-order valence-corrected chi connectivity index (χ0v) is 15.2. The average molecular weight is 349 g/mol. The molecule has 3 rings (SSSR count). The summed E-state index contributed by atoms with van der Waals surface area (Å²) in [6.07, 6.45) is 5.82. The molecular weight excluding hydrogens is 326 g/mol. The molecule has 0 saturated carbocycles. The van der Waals surface area contributed by atoms with Crippen LogP contribution in [-0.4, -0.2) is 18.5 Å². The zero-order chi connectivity index (χ0) is 18.5. The second kappa shape index (κ2) is 8.00. The first-order chi connectivity index (χ1) is 12.6. The van der Waals surface area contributed by atoms with E-state index in [4.69, 9.17) is 4.74 Å².